The molecule has 0 unspecified atom stereocenters. The summed E-state index contributed by atoms with van der Waals surface area (Å²) in [5.74, 6) is -0.146. The maximum atomic E-state index is 12.5. The van der Waals surface area contributed by atoms with E-state index in [9.17, 15) is 9.59 Å². The lowest BCUT2D eigenvalue weighted by Gasteiger charge is -2.12. The zero-order chi connectivity index (χ0) is 14.3. The Morgan fingerprint density at radius 3 is 2.55 bits per heavy atom. The van der Waals surface area contributed by atoms with Crippen LogP contribution in [-0.2, 0) is 6.42 Å². The van der Waals surface area contributed by atoms with Crippen LogP contribution in [0.4, 0.5) is 11.6 Å². The number of carbonyl (C=O) groups excluding carboxylic acids is 2. The number of pyridine rings is 1. The summed E-state index contributed by atoms with van der Waals surface area (Å²) in [6, 6.07) is 10.2. The van der Waals surface area contributed by atoms with E-state index in [1.54, 1.807) is 30.3 Å². The predicted molar refractivity (Wildman–Crippen MR) is 75.6 cm³/mol. The fraction of sp³-hybridized carbons (Fsp3) is 0.133. The van der Waals surface area contributed by atoms with Gasteiger partial charge in [-0.3, -0.25) is 9.59 Å². The molecule has 0 aliphatic carbocycles. The maximum Gasteiger partial charge on any atom is 0.267 e. The van der Waals surface area contributed by atoms with E-state index in [1.165, 1.54) is 0 Å². The molecule has 0 atom stereocenters. The van der Waals surface area contributed by atoms with Crippen molar-refractivity contribution in [3.8, 4) is 0 Å². The number of aromatic nitrogens is 1. The third kappa shape index (κ3) is 1.67. The lowest BCUT2D eigenvalue weighted by atomic mass is 10.0. The van der Waals surface area contributed by atoms with Crippen molar-refractivity contribution in [2.75, 3.05) is 10.6 Å². The van der Waals surface area contributed by atoms with Crippen LogP contribution in [0.15, 0.2) is 36.4 Å². The normalized spacial score (nSPS) is 13.8. The largest absolute Gasteiger partial charge is 0.384 e. The molecule has 0 fully saturated rings. The average Bonchev–Trinajstić information content (AvgIpc) is 2.71. The molecule has 100 valence electrons. The Kier molecular flexibility index (Phi) is 2.75. The number of nitrogens with two attached hydrogens (primary N) is 1. The van der Waals surface area contributed by atoms with E-state index in [0.29, 0.717) is 17.5 Å². The number of aryl methyl sites for hydroxylation is 1. The van der Waals surface area contributed by atoms with Gasteiger partial charge in [0.25, 0.3) is 11.8 Å². The Morgan fingerprint density at radius 2 is 1.85 bits per heavy atom. The highest BCUT2D eigenvalue weighted by Gasteiger charge is 2.38. The molecule has 1 aliphatic heterocycles. The van der Waals surface area contributed by atoms with Crippen LogP contribution < -0.4 is 10.6 Å². The second-order valence-corrected chi connectivity index (χ2v) is 4.56. The smallest absolute Gasteiger partial charge is 0.267 e. The molecular weight excluding hydrogens is 254 g/mol. The second-order valence-electron chi connectivity index (χ2n) is 4.56. The Morgan fingerprint density at radius 1 is 1.10 bits per heavy atom. The van der Waals surface area contributed by atoms with E-state index in [-0.39, 0.29) is 23.5 Å². The molecule has 2 N–H and O–H groups in total. The number of nitrogen functional groups attached to an aromatic ring is 1. The van der Waals surface area contributed by atoms with Gasteiger partial charge in [0.15, 0.2) is 0 Å². The van der Waals surface area contributed by atoms with Crippen LogP contribution in [0.3, 0.4) is 0 Å². The van der Waals surface area contributed by atoms with E-state index < -0.39 is 0 Å². The summed E-state index contributed by atoms with van der Waals surface area (Å²) in [6.07, 6.45) is 0.695. The number of imide groups is 1. The summed E-state index contributed by atoms with van der Waals surface area (Å²) in [6.45, 7) is 1.95. The Hall–Kier alpha value is -2.69. The van der Waals surface area contributed by atoms with Crippen LogP contribution in [-0.4, -0.2) is 16.8 Å². The molecule has 1 aromatic heterocycles. The molecule has 5 nitrogen and oxygen atoms in total. The van der Waals surface area contributed by atoms with Crippen molar-refractivity contribution in [1.82, 2.24) is 4.98 Å². The molecule has 0 saturated carbocycles. The first-order valence-corrected chi connectivity index (χ1v) is 6.36. The highest BCUT2D eigenvalue weighted by Crippen LogP contribution is 2.29. The number of hydrogen-bond acceptors (Lipinski definition) is 4. The lowest BCUT2D eigenvalue weighted by Crippen LogP contribution is -2.30. The molecule has 0 spiro atoms. The second kappa shape index (κ2) is 4.45. The molecule has 2 amide bonds. The highest BCUT2D eigenvalue weighted by molar-refractivity contribution is 6.34. The number of benzene rings is 1. The summed E-state index contributed by atoms with van der Waals surface area (Å²) in [4.78, 5) is 30.1. The molecule has 0 bridgehead atoms. The van der Waals surface area contributed by atoms with E-state index in [1.807, 2.05) is 13.0 Å². The summed E-state index contributed by atoms with van der Waals surface area (Å²) in [5.41, 5.74) is 7.39. The molecule has 5 heteroatoms. The van der Waals surface area contributed by atoms with Gasteiger partial charge in [-0.15, -0.1) is 0 Å². The minimum atomic E-state index is -0.349. The monoisotopic (exact) mass is 267 g/mol. The Bertz CT molecular complexity index is 725. The van der Waals surface area contributed by atoms with Crippen LogP contribution >= 0.6 is 0 Å². The molecule has 1 aliphatic rings. The number of anilines is 2. The molecule has 0 saturated heterocycles. The Balaban J connectivity index is 2.15. The van der Waals surface area contributed by atoms with Gasteiger partial charge in [-0.05, 0) is 30.2 Å². The van der Waals surface area contributed by atoms with Crippen LogP contribution in [0.25, 0.3) is 0 Å². The number of amides is 2. The van der Waals surface area contributed by atoms with Crippen LogP contribution in [0, 0.1) is 0 Å². The molecule has 1 aromatic carbocycles. The standard InChI is InChI=1S/C15H13N3O2/c1-2-9-5-3-6-10-13(9)15(20)18(14(10)19)12-8-4-7-11(16)17-12/h3-8H,2H2,1H3,(H2,16,17). The van der Waals surface area contributed by atoms with Crippen molar-refractivity contribution in [3.63, 3.8) is 0 Å². The summed E-state index contributed by atoms with van der Waals surface area (Å²) >= 11 is 0. The van der Waals surface area contributed by atoms with Crippen molar-refractivity contribution in [1.29, 1.82) is 0 Å². The van der Waals surface area contributed by atoms with Gasteiger partial charge in [0.05, 0.1) is 11.1 Å². The van der Waals surface area contributed by atoms with E-state index >= 15 is 0 Å². The molecule has 0 radical (unpaired) electrons. The zero-order valence-corrected chi connectivity index (χ0v) is 11.0. The van der Waals surface area contributed by atoms with Crippen molar-refractivity contribution in [2.45, 2.75) is 13.3 Å². The predicted octanol–water partition coefficient (Wildman–Crippen LogP) is 2.03. The van der Waals surface area contributed by atoms with Gasteiger partial charge in [0, 0.05) is 0 Å². The highest BCUT2D eigenvalue weighted by atomic mass is 16.2. The molecular formula is C15H13N3O2. The average molecular weight is 267 g/mol. The van der Waals surface area contributed by atoms with Gasteiger partial charge in [-0.1, -0.05) is 25.1 Å². The molecule has 3 rings (SSSR count). The van der Waals surface area contributed by atoms with Crippen LogP contribution in [0.5, 0.6) is 0 Å². The van der Waals surface area contributed by atoms with Gasteiger partial charge in [0.1, 0.15) is 11.6 Å². The van der Waals surface area contributed by atoms with Crippen LogP contribution in [0.2, 0.25) is 0 Å². The third-order valence-corrected chi connectivity index (χ3v) is 3.37. The molecule has 20 heavy (non-hydrogen) atoms. The number of rotatable bonds is 2. The topological polar surface area (TPSA) is 76.3 Å². The fourth-order valence-corrected chi connectivity index (χ4v) is 2.42. The Labute approximate surface area is 116 Å². The first-order chi connectivity index (χ1) is 9.63. The number of fused-ring (bicyclic) bond motifs is 1. The van der Waals surface area contributed by atoms with Gasteiger partial charge in [-0.25, -0.2) is 9.88 Å². The van der Waals surface area contributed by atoms with Gasteiger partial charge in [0.2, 0.25) is 0 Å². The van der Waals surface area contributed by atoms with Crippen molar-refractivity contribution >= 4 is 23.5 Å². The van der Waals surface area contributed by atoms with E-state index in [0.717, 1.165) is 10.5 Å². The number of carbonyl (C=O) groups is 2. The SMILES string of the molecule is CCc1cccc2c1C(=O)N(c1cccc(N)n1)C2=O. The quantitative estimate of drug-likeness (QED) is 0.845. The molecule has 2 aromatic rings. The minimum Gasteiger partial charge on any atom is -0.384 e. The van der Waals surface area contributed by atoms with Crippen molar-refractivity contribution in [2.24, 2.45) is 0 Å². The van der Waals surface area contributed by atoms with E-state index in [2.05, 4.69) is 4.98 Å². The third-order valence-electron chi connectivity index (χ3n) is 3.37. The minimum absolute atomic E-state index is 0.262. The van der Waals surface area contributed by atoms with Crippen molar-refractivity contribution in [3.05, 3.63) is 53.1 Å². The van der Waals surface area contributed by atoms with Gasteiger partial charge in [-0.2, -0.15) is 0 Å². The fourth-order valence-electron chi connectivity index (χ4n) is 2.42. The first kappa shape index (κ1) is 12.3. The number of nitrogens with zero attached hydrogens (tertiary/aromatic N) is 2. The lowest BCUT2D eigenvalue weighted by molar-refractivity contribution is 0.0925. The maximum absolute atomic E-state index is 12.5. The summed E-state index contributed by atoms with van der Waals surface area (Å²) < 4.78 is 0. The van der Waals surface area contributed by atoms with Crippen LogP contribution in [0.1, 0.15) is 33.2 Å². The number of hydrogen-bond donors (Lipinski definition) is 1. The summed E-state index contributed by atoms with van der Waals surface area (Å²) in [5, 5.41) is 0. The van der Waals surface area contributed by atoms with Crippen molar-refractivity contribution < 1.29 is 9.59 Å². The zero-order valence-electron chi connectivity index (χ0n) is 11.0. The molecule has 2 heterocycles. The van der Waals surface area contributed by atoms with E-state index in [4.69, 9.17) is 5.73 Å². The van der Waals surface area contributed by atoms with Gasteiger partial charge >= 0.3 is 0 Å². The first-order valence-electron chi connectivity index (χ1n) is 6.36. The van der Waals surface area contributed by atoms with Gasteiger partial charge < -0.3 is 5.73 Å². The summed E-state index contributed by atoms with van der Waals surface area (Å²) in [7, 11) is 0.